The van der Waals surface area contributed by atoms with Crippen LogP contribution in [-0.4, -0.2) is 15.3 Å². The van der Waals surface area contributed by atoms with Crippen LogP contribution in [0.4, 0.5) is 0 Å². The van der Waals surface area contributed by atoms with Crippen LogP contribution >= 0.6 is 17.0 Å². The van der Waals surface area contributed by atoms with E-state index in [-0.39, 0.29) is 35.7 Å². The molecule has 0 radical (unpaired) electrons. The van der Waals surface area contributed by atoms with Crippen LogP contribution < -0.4 is 0 Å². The Hall–Kier alpha value is -3.23. The lowest BCUT2D eigenvalue weighted by molar-refractivity contribution is 0.0972. The maximum atomic E-state index is 12.6. The number of fused-ring (bicyclic) bond motifs is 1. The van der Waals surface area contributed by atoms with E-state index in [1.807, 2.05) is 83.6 Å². The zero-order valence-electron chi connectivity index (χ0n) is 15.1. The van der Waals surface area contributed by atoms with Gasteiger partial charge in [0.25, 0.3) is 0 Å². The molecule has 4 rings (SSSR count). The molecule has 5 heteroatoms. The first kappa shape index (κ1) is 19.5. The Balaban J connectivity index is 0.00000225. The summed E-state index contributed by atoms with van der Waals surface area (Å²) >= 11 is 0. The zero-order valence-corrected chi connectivity index (χ0v) is 16.8. The van der Waals surface area contributed by atoms with Gasteiger partial charge in [-0.15, -0.1) is 17.0 Å². The van der Waals surface area contributed by atoms with E-state index in [0.29, 0.717) is 5.56 Å². The summed E-state index contributed by atoms with van der Waals surface area (Å²) in [6.45, 7) is 0.207. The summed E-state index contributed by atoms with van der Waals surface area (Å²) in [6, 6.07) is 25.2. The largest absolute Gasteiger partial charge is 0.325 e. The molecule has 2 aromatic carbocycles. The number of ketones is 1. The fraction of sp³-hybridized carbons (Fsp3) is 0.0870. The van der Waals surface area contributed by atoms with E-state index in [9.17, 15) is 10.1 Å². The fourth-order valence-electron chi connectivity index (χ4n) is 3.29. The summed E-state index contributed by atoms with van der Waals surface area (Å²) in [4.78, 5) is 17.5. The Morgan fingerprint density at radius 2 is 1.64 bits per heavy atom. The van der Waals surface area contributed by atoms with Gasteiger partial charge in [0.1, 0.15) is 5.82 Å². The van der Waals surface area contributed by atoms with Gasteiger partial charge in [-0.3, -0.25) is 4.79 Å². The van der Waals surface area contributed by atoms with Crippen LogP contribution in [0, 0.1) is 11.3 Å². The highest BCUT2D eigenvalue weighted by Crippen LogP contribution is 2.35. The number of nitriles is 1. The third-order valence-electron chi connectivity index (χ3n) is 4.58. The Bertz CT molecular complexity index is 1100. The normalized spacial score (nSPS) is 10.2. The van der Waals surface area contributed by atoms with Crippen molar-refractivity contribution in [2.75, 3.05) is 0 Å². The molecule has 138 valence electrons. The molecule has 2 aliphatic rings. The number of Topliss-reactive ketones (excluding diaryl/α,β-unsaturated/α-hetero) is 1. The van der Waals surface area contributed by atoms with Crippen molar-refractivity contribution >= 4 is 22.8 Å². The van der Waals surface area contributed by atoms with E-state index >= 15 is 0 Å². The second-order valence-electron chi connectivity index (χ2n) is 6.30. The lowest BCUT2D eigenvalue weighted by atomic mass is 10.0. The second-order valence-corrected chi connectivity index (χ2v) is 6.30. The first-order chi connectivity index (χ1) is 13.3. The number of hydrogen-bond acceptors (Lipinski definition) is 3. The molecule has 4 nitrogen and oxygen atoms in total. The van der Waals surface area contributed by atoms with Gasteiger partial charge in [0.15, 0.2) is 5.78 Å². The fourth-order valence-corrected chi connectivity index (χ4v) is 3.29. The minimum absolute atomic E-state index is 0. The minimum Gasteiger partial charge on any atom is -0.325 e. The summed E-state index contributed by atoms with van der Waals surface area (Å²) < 4.78 is 1.86. The molecule has 0 bridgehead atoms. The molecule has 0 unspecified atom stereocenters. The third-order valence-corrected chi connectivity index (χ3v) is 4.58. The zero-order chi connectivity index (χ0) is 18.6. The van der Waals surface area contributed by atoms with Gasteiger partial charge in [0.05, 0.1) is 24.7 Å². The van der Waals surface area contributed by atoms with Gasteiger partial charge < -0.3 is 4.57 Å². The minimum atomic E-state index is 0. The molecule has 28 heavy (non-hydrogen) atoms. The van der Waals surface area contributed by atoms with Gasteiger partial charge in [-0.1, -0.05) is 60.7 Å². The predicted molar refractivity (Wildman–Crippen MR) is 115 cm³/mol. The average molecular weight is 432 g/mol. The molecule has 2 aromatic rings. The Labute approximate surface area is 174 Å². The molecular formula is C23H18BrN3O. The summed E-state index contributed by atoms with van der Waals surface area (Å²) in [5.74, 6) is 0.755. The predicted octanol–water partition coefficient (Wildman–Crippen LogP) is 5.18. The summed E-state index contributed by atoms with van der Waals surface area (Å²) in [6.07, 6.45) is 2.14. The summed E-state index contributed by atoms with van der Waals surface area (Å²) in [5.41, 5.74) is 4.27. The molecule has 0 aromatic heterocycles. The first-order valence-corrected chi connectivity index (χ1v) is 8.76. The number of carbonyl (C=O) groups is 1. The number of pyridine rings is 1. The monoisotopic (exact) mass is 431 g/mol. The maximum Gasteiger partial charge on any atom is 0.182 e. The summed E-state index contributed by atoms with van der Waals surface area (Å²) in [5, 5.41) is 9.29. The van der Waals surface area contributed by atoms with E-state index < -0.39 is 0 Å². The molecule has 0 aliphatic carbocycles. The number of rotatable bonds is 5. The van der Waals surface area contributed by atoms with Crippen molar-refractivity contribution in [3.63, 3.8) is 0 Å². The van der Waals surface area contributed by atoms with E-state index in [4.69, 9.17) is 4.98 Å². The van der Waals surface area contributed by atoms with Crippen molar-refractivity contribution in [1.29, 1.82) is 5.26 Å². The molecule has 0 atom stereocenters. The topological polar surface area (TPSA) is 58.7 Å². The number of aromatic nitrogens is 2. The Morgan fingerprint density at radius 3 is 2.32 bits per heavy atom. The average Bonchev–Trinajstić information content (AvgIpc) is 3.09. The molecule has 0 fully saturated rings. The smallest absolute Gasteiger partial charge is 0.182 e. The van der Waals surface area contributed by atoms with Crippen LogP contribution in [0.5, 0.6) is 0 Å². The van der Waals surface area contributed by atoms with Crippen LogP contribution in [0.15, 0.2) is 79.0 Å². The SMILES string of the molecule is Br.N#CCc1c2cccn(CC(=O)c3ccccc3)c-2nc1-c1ccccc1. The molecule has 0 amide bonds. The van der Waals surface area contributed by atoms with Crippen molar-refractivity contribution in [1.82, 2.24) is 9.55 Å². The van der Waals surface area contributed by atoms with Gasteiger partial charge >= 0.3 is 0 Å². The number of halogens is 1. The highest BCUT2D eigenvalue weighted by molar-refractivity contribution is 8.93. The highest BCUT2D eigenvalue weighted by Gasteiger charge is 2.22. The second kappa shape index (κ2) is 8.64. The Morgan fingerprint density at radius 1 is 0.964 bits per heavy atom. The lowest BCUT2D eigenvalue weighted by Gasteiger charge is -2.11. The maximum absolute atomic E-state index is 12.6. The van der Waals surface area contributed by atoms with Crippen molar-refractivity contribution in [2.24, 2.45) is 0 Å². The number of hydrogen-bond donors (Lipinski definition) is 0. The third kappa shape index (κ3) is 3.73. The summed E-state index contributed by atoms with van der Waals surface area (Å²) in [7, 11) is 0. The van der Waals surface area contributed by atoms with E-state index in [0.717, 1.165) is 28.2 Å². The first-order valence-electron chi connectivity index (χ1n) is 8.76. The van der Waals surface area contributed by atoms with Crippen molar-refractivity contribution in [3.8, 4) is 28.7 Å². The van der Waals surface area contributed by atoms with Crippen molar-refractivity contribution < 1.29 is 4.79 Å². The number of benzene rings is 2. The molecule has 0 spiro atoms. The van der Waals surface area contributed by atoms with E-state index in [1.165, 1.54) is 0 Å². The lowest BCUT2D eigenvalue weighted by Crippen LogP contribution is -2.12. The molecule has 0 saturated carbocycles. The highest BCUT2D eigenvalue weighted by atomic mass is 79.9. The van der Waals surface area contributed by atoms with Crippen LogP contribution in [0.25, 0.3) is 22.6 Å². The van der Waals surface area contributed by atoms with Crippen LogP contribution in [0.1, 0.15) is 15.9 Å². The van der Waals surface area contributed by atoms with Crippen molar-refractivity contribution in [2.45, 2.75) is 13.0 Å². The van der Waals surface area contributed by atoms with Gasteiger partial charge in [0.2, 0.25) is 0 Å². The molecule has 2 aliphatic heterocycles. The van der Waals surface area contributed by atoms with Gasteiger partial charge in [-0.25, -0.2) is 4.98 Å². The number of carbonyl (C=O) groups excluding carboxylic acids is 1. The molecule has 0 N–H and O–H groups in total. The van der Waals surface area contributed by atoms with Gasteiger partial charge in [0, 0.05) is 28.5 Å². The number of nitrogens with zero attached hydrogens (tertiary/aromatic N) is 3. The van der Waals surface area contributed by atoms with Crippen LogP contribution in [-0.2, 0) is 13.0 Å². The quantitative estimate of drug-likeness (QED) is 0.408. The molecule has 0 saturated heterocycles. The van der Waals surface area contributed by atoms with E-state index in [1.54, 1.807) is 0 Å². The molecular weight excluding hydrogens is 414 g/mol. The Kier molecular flexibility index (Phi) is 6.03. The van der Waals surface area contributed by atoms with Crippen LogP contribution in [0.3, 0.4) is 0 Å². The van der Waals surface area contributed by atoms with E-state index in [2.05, 4.69) is 6.07 Å². The van der Waals surface area contributed by atoms with Crippen molar-refractivity contribution in [3.05, 3.63) is 90.1 Å². The molecule has 2 heterocycles. The van der Waals surface area contributed by atoms with Crippen LogP contribution in [0.2, 0.25) is 0 Å². The van der Waals surface area contributed by atoms with Gasteiger partial charge in [-0.2, -0.15) is 5.26 Å². The van der Waals surface area contributed by atoms with Gasteiger partial charge in [-0.05, 0) is 12.1 Å². The standard InChI is InChI=1S/C23H17N3O.BrH/c24-14-13-19-20-12-7-15-26(16-21(27)17-8-3-1-4-9-17)23(20)25-22(19)18-10-5-2-6-11-18;/h1-12,15H,13,16H2;1H.